The van der Waals surface area contributed by atoms with Crippen LogP contribution in [0.3, 0.4) is 0 Å². The van der Waals surface area contributed by atoms with Crippen molar-refractivity contribution in [3.63, 3.8) is 0 Å². The van der Waals surface area contributed by atoms with E-state index in [4.69, 9.17) is 16.3 Å². The number of hydrogen-bond acceptors (Lipinski definition) is 5. The van der Waals surface area contributed by atoms with Gasteiger partial charge in [-0.15, -0.1) is 0 Å². The Hall–Kier alpha value is -1.99. The van der Waals surface area contributed by atoms with Crippen LogP contribution in [0.1, 0.15) is 11.1 Å². The normalized spacial score (nSPS) is 13.0. The minimum atomic E-state index is -0.257. The number of ether oxygens (including phenoxy) is 1. The summed E-state index contributed by atoms with van der Waals surface area (Å²) < 4.78 is 20.4. The van der Waals surface area contributed by atoms with Gasteiger partial charge < -0.3 is 10.1 Å². The zero-order chi connectivity index (χ0) is 16.7. The molecule has 3 heterocycles. The molecule has 0 aliphatic carbocycles. The molecule has 0 bridgehead atoms. The van der Waals surface area contributed by atoms with Crippen LogP contribution >= 0.6 is 27.5 Å². The fourth-order valence-electron chi connectivity index (χ4n) is 2.79. The minimum Gasteiger partial charge on any atom is -0.493 e. The van der Waals surface area contributed by atoms with Gasteiger partial charge in [0.05, 0.1) is 22.0 Å². The Balaban J connectivity index is 1.70. The van der Waals surface area contributed by atoms with Crippen LogP contribution in [0.2, 0.25) is 5.28 Å². The lowest BCUT2D eigenvalue weighted by Crippen LogP contribution is -2.07. The van der Waals surface area contributed by atoms with Crippen molar-refractivity contribution in [2.45, 2.75) is 13.0 Å². The number of hydrogen-bond donors (Lipinski definition) is 1. The molecule has 3 aromatic rings. The second kappa shape index (κ2) is 6.14. The fraction of sp³-hybridized carbons (Fsp3) is 0.188. The number of benzene rings is 1. The number of nitrogens with one attached hydrogen (secondary N) is 1. The summed E-state index contributed by atoms with van der Waals surface area (Å²) in [6, 6.07) is 3.10. The first kappa shape index (κ1) is 15.5. The van der Waals surface area contributed by atoms with Crippen LogP contribution in [0.5, 0.6) is 5.75 Å². The van der Waals surface area contributed by atoms with Gasteiger partial charge in [0.1, 0.15) is 17.4 Å². The Kier molecular flexibility index (Phi) is 3.97. The van der Waals surface area contributed by atoms with Crippen molar-refractivity contribution in [2.24, 2.45) is 0 Å². The van der Waals surface area contributed by atoms with Gasteiger partial charge in [0.2, 0.25) is 5.28 Å². The van der Waals surface area contributed by atoms with E-state index in [2.05, 4.69) is 36.2 Å². The Bertz CT molecular complexity index is 953. The van der Waals surface area contributed by atoms with Crippen molar-refractivity contribution in [3.05, 3.63) is 51.2 Å². The van der Waals surface area contributed by atoms with E-state index >= 15 is 0 Å². The van der Waals surface area contributed by atoms with Gasteiger partial charge in [-0.1, -0.05) is 0 Å². The first-order valence-electron chi connectivity index (χ1n) is 7.27. The average molecular weight is 410 g/mol. The first-order valence-corrected chi connectivity index (χ1v) is 8.44. The van der Waals surface area contributed by atoms with Gasteiger partial charge in [-0.25, -0.2) is 19.3 Å². The Labute approximate surface area is 150 Å². The van der Waals surface area contributed by atoms with Gasteiger partial charge in [0.15, 0.2) is 0 Å². The fourth-order valence-corrected chi connectivity index (χ4v) is 3.32. The summed E-state index contributed by atoms with van der Waals surface area (Å²) in [6.45, 7) is 0.877. The summed E-state index contributed by atoms with van der Waals surface area (Å²) >= 11 is 9.25. The molecule has 122 valence electrons. The predicted molar refractivity (Wildman–Crippen MR) is 93.0 cm³/mol. The molecule has 5 nitrogen and oxygen atoms in total. The third kappa shape index (κ3) is 2.67. The average Bonchev–Trinajstić information content (AvgIpc) is 3.04. The third-order valence-corrected chi connectivity index (χ3v) is 4.68. The summed E-state index contributed by atoms with van der Waals surface area (Å²) in [5, 5.41) is 4.03. The summed E-state index contributed by atoms with van der Waals surface area (Å²) in [7, 11) is 0. The van der Waals surface area contributed by atoms with Crippen LogP contribution < -0.4 is 10.1 Å². The topological polar surface area (TPSA) is 59.9 Å². The highest BCUT2D eigenvalue weighted by molar-refractivity contribution is 9.10. The van der Waals surface area contributed by atoms with E-state index in [1.54, 1.807) is 18.5 Å². The zero-order valence-corrected chi connectivity index (χ0v) is 14.7. The van der Waals surface area contributed by atoms with Gasteiger partial charge in [-0.3, -0.25) is 0 Å². The molecule has 4 rings (SSSR count). The second-order valence-corrected chi connectivity index (χ2v) is 6.50. The van der Waals surface area contributed by atoms with Crippen molar-refractivity contribution in [1.29, 1.82) is 0 Å². The van der Waals surface area contributed by atoms with E-state index in [0.29, 0.717) is 46.3 Å². The van der Waals surface area contributed by atoms with E-state index in [0.717, 1.165) is 11.3 Å². The molecular weight excluding hydrogens is 399 g/mol. The summed E-state index contributed by atoms with van der Waals surface area (Å²) in [4.78, 5) is 12.5. The molecule has 0 atom stereocenters. The van der Waals surface area contributed by atoms with Crippen LogP contribution in [0, 0.1) is 5.82 Å². The lowest BCUT2D eigenvalue weighted by Gasteiger charge is -2.12. The van der Waals surface area contributed by atoms with E-state index in [-0.39, 0.29) is 11.1 Å². The first-order chi connectivity index (χ1) is 11.6. The smallest absolute Gasteiger partial charge is 0.222 e. The molecule has 0 amide bonds. The lowest BCUT2D eigenvalue weighted by atomic mass is 10.0. The standard InChI is InChI=1S/C16H11BrClFN4O/c17-11-7-21-15(10-6-22-16(18)23-14(10)11)20-5-9-8-3-4-24-13(8)2-1-12(9)19/h1-2,6-7H,3-5H2,(H,20,21). The molecule has 1 N–H and O–H groups in total. The molecule has 2 aromatic heterocycles. The van der Waals surface area contributed by atoms with E-state index in [1.807, 2.05) is 0 Å². The number of halogens is 3. The molecule has 1 aliphatic rings. The predicted octanol–water partition coefficient (Wildman–Crippen LogP) is 4.13. The molecule has 8 heteroatoms. The van der Waals surface area contributed by atoms with E-state index < -0.39 is 0 Å². The molecule has 1 aromatic carbocycles. The Morgan fingerprint density at radius 3 is 3.04 bits per heavy atom. The lowest BCUT2D eigenvalue weighted by molar-refractivity contribution is 0.356. The zero-order valence-electron chi connectivity index (χ0n) is 12.3. The number of aromatic nitrogens is 3. The minimum absolute atomic E-state index is 0.157. The van der Waals surface area contributed by atoms with E-state index in [9.17, 15) is 4.39 Å². The largest absolute Gasteiger partial charge is 0.493 e. The Morgan fingerprint density at radius 2 is 2.17 bits per heavy atom. The van der Waals surface area contributed by atoms with Crippen LogP contribution in [0.4, 0.5) is 10.2 Å². The summed E-state index contributed by atoms with van der Waals surface area (Å²) in [6.07, 6.45) is 3.93. The van der Waals surface area contributed by atoms with Gasteiger partial charge in [0, 0.05) is 36.5 Å². The van der Waals surface area contributed by atoms with Crippen molar-refractivity contribution in [1.82, 2.24) is 15.0 Å². The number of pyridine rings is 1. The highest BCUT2D eigenvalue weighted by atomic mass is 79.9. The number of rotatable bonds is 3. The number of anilines is 1. The Morgan fingerprint density at radius 1 is 1.29 bits per heavy atom. The quantitative estimate of drug-likeness (QED) is 0.659. The van der Waals surface area contributed by atoms with E-state index in [1.165, 1.54) is 6.07 Å². The maximum Gasteiger partial charge on any atom is 0.222 e. The molecule has 0 fully saturated rings. The maximum absolute atomic E-state index is 14.2. The van der Waals surface area contributed by atoms with Gasteiger partial charge in [-0.2, -0.15) is 0 Å². The highest BCUT2D eigenvalue weighted by Crippen LogP contribution is 2.32. The molecule has 0 saturated heterocycles. The van der Waals surface area contributed by atoms with Gasteiger partial charge in [-0.05, 0) is 39.7 Å². The highest BCUT2D eigenvalue weighted by Gasteiger charge is 2.19. The number of nitrogens with zero attached hydrogens (tertiary/aromatic N) is 3. The number of fused-ring (bicyclic) bond motifs is 2. The summed E-state index contributed by atoms with van der Waals surface area (Å²) in [5.41, 5.74) is 2.15. The van der Waals surface area contributed by atoms with Crippen molar-refractivity contribution < 1.29 is 9.13 Å². The molecule has 0 radical (unpaired) electrons. The van der Waals surface area contributed by atoms with Gasteiger partial charge >= 0.3 is 0 Å². The van der Waals surface area contributed by atoms with Crippen molar-refractivity contribution >= 4 is 44.3 Å². The maximum atomic E-state index is 14.2. The van der Waals surface area contributed by atoms with Crippen molar-refractivity contribution in [3.8, 4) is 5.75 Å². The van der Waals surface area contributed by atoms with Crippen LogP contribution in [0.15, 0.2) is 29.0 Å². The van der Waals surface area contributed by atoms with Crippen LogP contribution in [-0.2, 0) is 13.0 Å². The molecule has 1 aliphatic heterocycles. The summed E-state index contributed by atoms with van der Waals surface area (Å²) in [5.74, 6) is 1.06. The third-order valence-electron chi connectivity index (χ3n) is 3.92. The second-order valence-electron chi connectivity index (χ2n) is 5.31. The molecular formula is C16H11BrClFN4O. The van der Waals surface area contributed by atoms with Crippen LogP contribution in [-0.4, -0.2) is 21.6 Å². The molecule has 0 spiro atoms. The van der Waals surface area contributed by atoms with Crippen molar-refractivity contribution in [2.75, 3.05) is 11.9 Å². The monoisotopic (exact) mass is 408 g/mol. The van der Waals surface area contributed by atoms with Gasteiger partial charge in [0.25, 0.3) is 0 Å². The molecule has 24 heavy (non-hydrogen) atoms. The molecule has 0 unspecified atom stereocenters. The SMILES string of the molecule is Fc1ccc2c(c1CNc1ncc(Br)c3nc(Cl)ncc13)CCO2. The molecule has 0 saturated carbocycles. The van der Waals surface area contributed by atoms with Crippen LogP contribution in [0.25, 0.3) is 10.9 Å².